The Morgan fingerprint density at radius 2 is 1.89 bits per heavy atom. The van der Waals surface area contributed by atoms with Crippen LogP contribution in [0.2, 0.25) is 0 Å². The van der Waals surface area contributed by atoms with Gasteiger partial charge in [0.2, 0.25) is 0 Å². The molecule has 3 aromatic rings. The van der Waals surface area contributed by atoms with Crippen molar-refractivity contribution in [2.45, 2.75) is 6.61 Å². The van der Waals surface area contributed by atoms with Crippen molar-refractivity contribution in [3.63, 3.8) is 0 Å². The average Bonchev–Trinajstić information content (AvgIpc) is 2.94. The molecule has 3 rings (SSSR count). The maximum Gasteiger partial charge on any atom is 0.138 e. The van der Waals surface area contributed by atoms with Crippen molar-refractivity contribution in [2.75, 3.05) is 0 Å². The van der Waals surface area contributed by atoms with E-state index in [1.807, 2.05) is 42.6 Å². The van der Waals surface area contributed by atoms with Crippen molar-refractivity contribution >= 4 is 11.0 Å². The topological polar surface area (TPSA) is 48.9 Å². The number of H-pyrrole nitrogens is 1. The maximum absolute atomic E-state index is 9.27. The highest BCUT2D eigenvalue weighted by atomic mass is 16.3. The molecule has 1 aromatic carbocycles. The summed E-state index contributed by atoms with van der Waals surface area (Å²) in [5.41, 5.74) is 3.46. The molecule has 92 valence electrons. The quantitative estimate of drug-likeness (QED) is 0.650. The fourth-order valence-corrected chi connectivity index (χ4v) is 1.98. The molecule has 0 amide bonds. The van der Waals surface area contributed by atoms with Gasteiger partial charge in [0.25, 0.3) is 0 Å². The van der Waals surface area contributed by atoms with E-state index in [9.17, 15) is 5.11 Å². The molecular formula is C16H12N2O. The largest absolute Gasteiger partial charge is 0.392 e. The van der Waals surface area contributed by atoms with Gasteiger partial charge in [-0.05, 0) is 23.8 Å². The Morgan fingerprint density at radius 1 is 1.05 bits per heavy atom. The van der Waals surface area contributed by atoms with Crippen LogP contribution in [-0.2, 0) is 6.61 Å². The number of nitrogens with one attached hydrogen (secondary N) is 1. The molecule has 3 nitrogen and oxygen atoms in total. The van der Waals surface area contributed by atoms with E-state index in [2.05, 4.69) is 21.8 Å². The van der Waals surface area contributed by atoms with Gasteiger partial charge in [0.15, 0.2) is 0 Å². The highest BCUT2D eigenvalue weighted by Crippen LogP contribution is 2.14. The van der Waals surface area contributed by atoms with Gasteiger partial charge in [0, 0.05) is 28.9 Å². The lowest BCUT2D eigenvalue weighted by Crippen LogP contribution is -1.88. The van der Waals surface area contributed by atoms with Crippen molar-refractivity contribution in [2.24, 2.45) is 0 Å². The van der Waals surface area contributed by atoms with Crippen LogP contribution in [0.25, 0.3) is 11.0 Å². The molecule has 3 heteroatoms. The van der Waals surface area contributed by atoms with Crippen LogP contribution in [0.15, 0.2) is 48.8 Å². The van der Waals surface area contributed by atoms with E-state index >= 15 is 0 Å². The van der Waals surface area contributed by atoms with E-state index in [0.29, 0.717) is 0 Å². The molecule has 0 radical (unpaired) electrons. The molecule has 2 heterocycles. The predicted octanol–water partition coefficient (Wildman–Crippen LogP) is 2.46. The van der Waals surface area contributed by atoms with Crippen LogP contribution in [0.1, 0.15) is 16.7 Å². The zero-order valence-corrected chi connectivity index (χ0v) is 10.2. The summed E-state index contributed by atoms with van der Waals surface area (Å²) in [4.78, 5) is 7.29. The number of aliphatic hydroxyl groups is 1. The lowest BCUT2D eigenvalue weighted by Gasteiger charge is -1.98. The first-order valence-corrected chi connectivity index (χ1v) is 6.01. The summed E-state index contributed by atoms with van der Waals surface area (Å²) in [5.74, 6) is 6.25. The molecule has 0 aliphatic carbocycles. The third-order valence-electron chi connectivity index (χ3n) is 2.98. The third kappa shape index (κ3) is 2.22. The van der Waals surface area contributed by atoms with E-state index in [0.717, 1.165) is 27.7 Å². The molecule has 0 spiro atoms. The Labute approximate surface area is 110 Å². The van der Waals surface area contributed by atoms with Gasteiger partial charge >= 0.3 is 0 Å². The summed E-state index contributed by atoms with van der Waals surface area (Å²) in [5, 5.41) is 10.3. The van der Waals surface area contributed by atoms with Crippen molar-refractivity contribution in [3.8, 4) is 11.8 Å². The van der Waals surface area contributed by atoms with Gasteiger partial charge in [-0.1, -0.05) is 30.0 Å². The second kappa shape index (κ2) is 4.97. The van der Waals surface area contributed by atoms with Gasteiger partial charge in [-0.25, -0.2) is 4.98 Å². The SMILES string of the molecule is OCc1ccccc1C#Cc1ccnc2[nH]ccc12. The Balaban J connectivity index is 2.06. The number of rotatable bonds is 1. The van der Waals surface area contributed by atoms with E-state index in [4.69, 9.17) is 0 Å². The Bertz CT molecular complexity index is 778. The number of hydrogen-bond donors (Lipinski definition) is 2. The predicted molar refractivity (Wildman–Crippen MR) is 74.4 cm³/mol. The monoisotopic (exact) mass is 248 g/mol. The van der Waals surface area contributed by atoms with Crippen molar-refractivity contribution in [1.29, 1.82) is 0 Å². The number of nitrogens with zero attached hydrogens (tertiary/aromatic N) is 1. The van der Waals surface area contributed by atoms with Crippen LogP contribution in [0.3, 0.4) is 0 Å². The standard InChI is InChI=1S/C16H12N2O/c19-11-14-4-2-1-3-12(14)5-6-13-7-9-17-16-15(13)8-10-18-16/h1-4,7-10,19H,11H2,(H,17,18). The highest BCUT2D eigenvalue weighted by molar-refractivity contribution is 5.82. The van der Waals surface area contributed by atoms with Gasteiger partial charge in [-0.2, -0.15) is 0 Å². The Kier molecular flexibility index (Phi) is 3.01. The normalized spacial score (nSPS) is 10.2. The summed E-state index contributed by atoms with van der Waals surface area (Å²) < 4.78 is 0. The molecule has 0 bridgehead atoms. The minimum Gasteiger partial charge on any atom is -0.392 e. The van der Waals surface area contributed by atoms with Crippen molar-refractivity contribution in [3.05, 3.63) is 65.5 Å². The minimum absolute atomic E-state index is 0.000758. The Morgan fingerprint density at radius 3 is 2.79 bits per heavy atom. The molecule has 0 aliphatic heterocycles. The van der Waals surface area contributed by atoms with Crippen LogP contribution >= 0.6 is 0 Å². The van der Waals surface area contributed by atoms with E-state index in [-0.39, 0.29) is 6.61 Å². The van der Waals surface area contributed by atoms with Gasteiger partial charge in [0.1, 0.15) is 5.65 Å². The van der Waals surface area contributed by atoms with Crippen LogP contribution in [0.5, 0.6) is 0 Å². The summed E-state index contributed by atoms with van der Waals surface area (Å²) in [6.07, 6.45) is 3.59. The average molecular weight is 248 g/mol. The zero-order chi connectivity index (χ0) is 13.1. The lowest BCUT2D eigenvalue weighted by atomic mass is 10.1. The summed E-state index contributed by atoms with van der Waals surface area (Å²) in [6, 6.07) is 11.5. The number of aromatic nitrogens is 2. The molecule has 0 atom stereocenters. The second-order valence-electron chi connectivity index (χ2n) is 4.16. The number of hydrogen-bond acceptors (Lipinski definition) is 2. The summed E-state index contributed by atoms with van der Waals surface area (Å²) >= 11 is 0. The van der Waals surface area contributed by atoms with E-state index in [1.165, 1.54) is 0 Å². The van der Waals surface area contributed by atoms with Gasteiger partial charge in [0.05, 0.1) is 6.61 Å². The molecule has 2 N–H and O–H groups in total. The van der Waals surface area contributed by atoms with Crippen molar-refractivity contribution in [1.82, 2.24) is 9.97 Å². The molecule has 0 unspecified atom stereocenters. The Hall–Kier alpha value is -2.57. The number of benzene rings is 1. The third-order valence-corrected chi connectivity index (χ3v) is 2.98. The van der Waals surface area contributed by atoms with Crippen molar-refractivity contribution < 1.29 is 5.11 Å². The molecule has 2 aromatic heterocycles. The fraction of sp³-hybridized carbons (Fsp3) is 0.0625. The first kappa shape index (κ1) is 11.5. The number of aromatic amines is 1. The fourth-order valence-electron chi connectivity index (χ4n) is 1.98. The van der Waals surface area contributed by atoms with Crippen LogP contribution in [0.4, 0.5) is 0 Å². The summed E-state index contributed by atoms with van der Waals surface area (Å²) in [7, 11) is 0. The van der Waals surface area contributed by atoms with Crippen LogP contribution < -0.4 is 0 Å². The zero-order valence-electron chi connectivity index (χ0n) is 10.2. The smallest absolute Gasteiger partial charge is 0.138 e. The van der Waals surface area contributed by atoms with E-state index < -0.39 is 0 Å². The van der Waals surface area contributed by atoms with Gasteiger partial charge in [-0.3, -0.25) is 0 Å². The number of aliphatic hydroxyl groups excluding tert-OH is 1. The van der Waals surface area contributed by atoms with Crippen LogP contribution in [0, 0.1) is 11.8 Å². The first-order chi connectivity index (χ1) is 9.38. The second-order valence-corrected chi connectivity index (χ2v) is 4.16. The molecule has 0 fully saturated rings. The molecular weight excluding hydrogens is 236 g/mol. The molecule has 0 saturated carbocycles. The molecule has 0 saturated heterocycles. The first-order valence-electron chi connectivity index (χ1n) is 6.01. The lowest BCUT2D eigenvalue weighted by molar-refractivity contribution is 0.281. The van der Waals surface area contributed by atoms with Crippen LogP contribution in [-0.4, -0.2) is 15.1 Å². The number of fused-ring (bicyclic) bond motifs is 1. The number of pyridine rings is 1. The summed E-state index contributed by atoms with van der Waals surface area (Å²) in [6.45, 7) is 0.000758. The van der Waals surface area contributed by atoms with Gasteiger partial charge < -0.3 is 10.1 Å². The molecule has 0 aliphatic rings. The highest BCUT2D eigenvalue weighted by Gasteiger charge is 2.00. The van der Waals surface area contributed by atoms with E-state index in [1.54, 1.807) is 6.20 Å². The maximum atomic E-state index is 9.27. The van der Waals surface area contributed by atoms with Gasteiger partial charge in [-0.15, -0.1) is 0 Å². The molecule has 19 heavy (non-hydrogen) atoms. The minimum atomic E-state index is 0.000758.